The van der Waals surface area contributed by atoms with Gasteiger partial charge in [-0.1, -0.05) is 0 Å². The van der Waals surface area contributed by atoms with Crippen LogP contribution < -0.4 is 15.5 Å². The number of aryl methyl sites for hydroxylation is 1. The van der Waals surface area contributed by atoms with Crippen LogP contribution in [0.15, 0.2) is 30.6 Å². The van der Waals surface area contributed by atoms with Crippen molar-refractivity contribution >= 4 is 29.1 Å². The first-order valence-corrected chi connectivity index (χ1v) is 10.2. The van der Waals surface area contributed by atoms with Gasteiger partial charge in [-0.3, -0.25) is 9.59 Å². The van der Waals surface area contributed by atoms with Gasteiger partial charge in [0.15, 0.2) is 0 Å². The smallest absolute Gasteiger partial charge is 0.253 e. The third-order valence-electron chi connectivity index (χ3n) is 5.83. The van der Waals surface area contributed by atoms with Crippen molar-refractivity contribution in [1.29, 1.82) is 5.26 Å². The van der Waals surface area contributed by atoms with Crippen LogP contribution in [0.5, 0.6) is 0 Å². The van der Waals surface area contributed by atoms with Gasteiger partial charge in [0, 0.05) is 37.2 Å². The molecule has 1 aliphatic carbocycles. The third kappa shape index (κ3) is 3.47. The van der Waals surface area contributed by atoms with Crippen molar-refractivity contribution in [1.82, 2.24) is 15.3 Å². The minimum atomic E-state index is -0.871. The Hall–Kier alpha value is -3.47. The molecule has 2 amide bonds. The first-order valence-electron chi connectivity index (χ1n) is 10.2. The van der Waals surface area contributed by atoms with Crippen LogP contribution in [0.4, 0.5) is 17.3 Å². The maximum atomic E-state index is 13.0. The van der Waals surface area contributed by atoms with Crippen molar-refractivity contribution in [2.24, 2.45) is 11.3 Å². The third-order valence-corrected chi connectivity index (χ3v) is 5.83. The zero-order valence-electron chi connectivity index (χ0n) is 17.1. The van der Waals surface area contributed by atoms with Gasteiger partial charge >= 0.3 is 0 Å². The summed E-state index contributed by atoms with van der Waals surface area (Å²) in [6.45, 7) is 4.80. The second kappa shape index (κ2) is 7.75. The number of nitriles is 1. The van der Waals surface area contributed by atoms with Gasteiger partial charge in [0.25, 0.3) is 5.91 Å². The molecule has 2 aliphatic rings. The molecule has 1 aliphatic heterocycles. The quantitative estimate of drug-likeness (QED) is 0.766. The van der Waals surface area contributed by atoms with Gasteiger partial charge in [-0.25, -0.2) is 9.97 Å². The predicted octanol–water partition coefficient (Wildman–Crippen LogP) is 2.94. The van der Waals surface area contributed by atoms with Crippen LogP contribution in [0.25, 0.3) is 0 Å². The van der Waals surface area contributed by atoms with Gasteiger partial charge in [0.2, 0.25) is 5.91 Å². The highest BCUT2D eigenvalue weighted by Gasteiger charge is 2.56. The normalized spacial score (nSPS) is 20.7. The molecule has 4 rings (SSSR count). The SMILES string of the molecule is CCNC(=O)c1cnc(Nc2cc(N3CC[C@@](C#N)(C4CC4)C3=O)ccn2)cc1C. The van der Waals surface area contributed by atoms with Gasteiger partial charge in [0.05, 0.1) is 11.6 Å². The molecule has 0 spiro atoms. The van der Waals surface area contributed by atoms with Crippen LogP contribution in [0.1, 0.15) is 42.1 Å². The number of pyridine rings is 2. The number of carbonyl (C=O) groups is 2. The molecule has 1 atom stereocenters. The van der Waals surface area contributed by atoms with E-state index in [-0.39, 0.29) is 17.7 Å². The van der Waals surface area contributed by atoms with E-state index in [1.54, 1.807) is 29.3 Å². The van der Waals surface area contributed by atoms with E-state index >= 15 is 0 Å². The number of nitrogens with zero attached hydrogens (tertiary/aromatic N) is 4. The maximum absolute atomic E-state index is 13.0. The average Bonchev–Trinajstić information content (AvgIpc) is 3.52. The molecule has 154 valence electrons. The molecule has 0 unspecified atom stereocenters. The molecule has 0 radical (unpaired) electrons. The zero-order valence-corrected chi connectivity index (χ0v) is 17.1. The van der Waals surface area contributed by atoms with Gasteiger partial charge in [-0.05, 0) is 56.7 Å². The number of anilines is 3. The van der Waals surface area contributed by atoms with Crippen molar-refractivity contribution < 1.29 is 9.59 Å². The molecule has 0 aromatic carbocycles. The molecule has 8 heteroatoms. The highest BCUT2D eigenvalue weighted by Crippen LogP contribution is 2.51. The van der Waals surface area contributed by atoms with Crippen LogP contribution in [-0.2, 0) is 4.79 Å². The molecule has 30 heavy (non-hydrogen) atoms. The zero-order chi connectivity index (χ0) is 21.3. The van der Waals surface area contributed by atoms with E-state index in [0.717, 1.165) is 18.4 Å². The first kappa shape index (κ1) is 19.8. The number of nitrogens with one attached hydrogen (secondary N) is 2. The summed E-state index contributed by atoms with van der Waals surface area (Å²) >= 11 is 0. The summed E-state index contributed by atoms with van der Waals surface area (Å²) < 4.78 is 0. The summed E-state index contributed by atoms with van der Waals surface area (Å²) in [7, 11) is 0. The van der Waals surface area contributed by atoms with E-state index in [0.29, 0.717) is 42.4 Å². The highest BCUT2D eigenvalue weighted by atomic mass is 16.2. The summed E-state index contributed by atoms with van der Waals surface area (Å²) in [6, 6.07) is 7.66. The van der Waals surface area contributed by atoms with Crippen molar-refractivity contribution in [2.75, 3.05) is 23.3 Å². The standard InChI is InChI=1S/C22H24N6O2/c1-3-24-20(29)17-12-26-18(10-14(17)2)27-19-11-16(6-8-25-19)28-9-7-22(13-23,21(28)30)15-4-5-15/h6,8,10-12,15H,3-5,7,9H2,1-2H3,(H,24,29)(H,25,26,27)/t22-/m1/s1. The Balaban J connectivity index is 1.52. The average molecular weight is 404 g/mol. The lowest BCUT2D eigenvalue weighted by atomic mass is 9.83. The molecule has 8 nitrogen and oxygen atoms in total. The summed E-state index contributed by atoms with van der Waals surface area (Å²) in [5, 5.41) is 15.6. The fourth-order valence-corrected chi connectivity index (χ4v) is 4.04. The predicted molar refractivity (Wildman–Crippen MR) is 112 cm³/mol. The summed E-state index contributed by atoms with van der Waals surface area (Å²) in [5.41, 5.74) is 1.17. The summed E-state index contributed by atoms with van der Waals surface area (Å²) in [5.74, 6) is 1.03. The van der Waals surface area contributed by atoms with E-state index < -0.39 is 5.41 Å². The topological polar surface area (TPSA) is 111 Å². The van der Waals surface area contributed by atoms with Crippen LogP contribution >= 0.6 is 0 Å². The largest absolute Gasteiger partial charge is 0.352 e. The van der Waals surface area contributed by atoms with E-state index in [1.807, 2.05) is 13.8 Å². The van der Waals surface area contributed by atoms with Gasteiger partial charge in [0.1, 0.15) is 17.1 Å². The Morgan fingerprint density at radius 3 is 2.77 bits per heavy atom. The van der Waals surface area contributed by atoms with Crippen LogP contribution in [-0.4, -0.2) is 34.9 Å². The van der Waals surface area contributed by atoms with Crippen LogP contribution in [0.3, 0.4) is 0 Å². The fraction of sp³-hybridized carbons (Fsp3) is 0.409. The molecule has 0 bridgehead atoms. The van der Waals surface area contributed by atoms with Crippen molar-refractivity contribution in [2.45, 2.75) is 33.1 Å². The number of aromatic nitrogens is 2. The van der Waals surface area contributed by atoms with Crippen LogP contribution in [0.2, 0.25) is 0 Å². The Bertz CT molecular complexity index is 1040. The van der Waals surface area contributed by atoms with E-state index in [9.17, 15) is 14.9 Å². The van der Waals surface area contributed by atoms with Gasteiger partial charge in [-0.2, -0.15) is 5.26 Å². The molecule has 1 saturated carbocycles. The van der Waals surface area contributed by atoms with E-state index in [1.165, 1.54) is 6.20 Å². The van der Waals surface area contributed by atoms with Crippen molar-refractivity contribution in [3.05, 3.63) is 41.7 Å². The van der Waals surface area contributed by atoms with Gasteiger partial charge < -0.3 is 15.5 Å². The number of amides is 2. The second-order valence-electron chi connectivity index (χ2n) is 7.83. The fourth-order valence-electron chi connectivity index (χ4n) is 4.04. The number of carbonyl (C=O) groups excluding carboxylic acids is 2. The molecular formula is C22H24N6O2. The lowest BCUT2D eigenvalue weighted by Crippen LogP contribution is -2.35. The monoisotopic (exact) mass is 404 g/mol. The van der Waals surface area contributed by atoms with Crippen LogP contribution in [0, 0.1) is 29.6 Å². The maximum Gasteiger partial charge on any atom is 0.253 e. The summed E-state index contributed by atoms with van der Waals surface area (Å²) in [4.78, 5) is 35.4. The Kier molecular flexibility index (Phi) is 5.12. The molecule has 2 aromatic heterocycles. The summed E-state index contributed by atoms with van der Waals surface area (Å²) in [6.07, 6.45) is 5.64. The molecule has 2 N–H and O–H groups in total. The molecule has 2 fully saturated rings. The molecule has 2 aromatic rings. The molecule has 1 saturated heterocycles. The molecular weight excluding hydrogens is 380 g/mol. The Morgan fingerprint density at radius 1 is 1.33 bits per heavy atom. The number of hydrogen-bond donors (Lipinski definition) is 2. The van der Waals surface area contributed by atoms with E-state index in [2.05, 4.69) is 26.7 Å². The Labute approximate surface area is 175 Å². The molecule has 3 heterocycles. The lowest BCUT2D eigenvalue weighted by molar-refractivity contribution is -0.123. The van der Waals surface area contributed by atoms with E-state index in [4.69, 9.17) is 0 Å². The lowest BCUT2D eigenvalue weighted by Gasteiger charge is -2.21. The second-order valence-corrected chi connectivity index (χ2v) is 7.83. The minimum Gasteiger partial charge on any atom is -0.352 e. The number of rotatable bonds is 6. The minimum absolute atomic E-state index is 0.107. The van der Waals surface area contributed by atoms with Gasteiger partial charge in [-0.15, -0.1) is 0 Å². The van der Waals surface area contributed by atoms with Crippen molar-refractivity contribution in [3.63, 3.8) is 0 Å². The van der Waals surface area contributed by atoms with Crippen molar-refractivity contribution in [3.8, 4) is 6.07 Å². The Morgan fingerprint density at radius 2 is 2.10 bits per heavy atom. The highest BCUT2D eigenvalue weighted by molar-refractivity contribution is 6.02. The number of hydrogen-bond acceptors (Lipinski definition) is 6. The first-order chi connectivity index (χ1) is 14.5.